The van der Waals surface area contributed by atoms with Gasteiger partial charge in [0.25, 0.3) is 10.0 Å². The molecule has 2 heterocycles. The molecule has 2 aromatic heterocycles. The molecule has 7 heteroatoms. The van der Waals surface area contributed by atoms with Crippen LogP contribution in [0.3, 0.4) is 0 Å². The second kappa shape index (κ2) is 4.17. The number of rotatable bonds is 3. The van der Waals surface area contributed by atoms with Gasteiger partial charge in [-0.05, 0) is 25.5 Å². The molecule has 17 heavy (non-hydrogen) atoms. The molecule has 0 atom stereocenters. The fourth-order valence-corrected chi connectivity index (χ4v) is 2.24. The zero-order chi connectivity index (χ0) is 12.5. The predicted molar refractivity (Wildman–Crippen MR) is 63.1 cm³/mol. The average Bonchev–Trinajstić information content (AvgIpc) is 2.69. The second-order valence-electron chi connectivity index (χ2n) is 3.66. The Morgan fingerprint density at radius 1 is 1.18 bits per heavy atom. The first kappa shape index (κ1) is 11.6. The van der Waals surface area contributed by atoms with Crippen LogP contribution in [0.1, 0.15) is 11.4 Å². The lowest BCUT2D eigenvalue weighted by atomic mass is 10.3. The monoisotopic (exact) mass is 252 g/mol. The summed E-state index contributed by atoms with van der Waals surface area (Å²) in [5, 5.41) is 0.0253. The molecule has 2 aromatic rings. The van der Waals surface area contributed by atoms with Crippen molar-refractivity contribution in [1.82, 2.24) is 15.0 Å². The number of anilines is 1. The van der Waals surface area contributed by atoms with Gasteiger partial charge in [-0.25, -0.2) is 9.97 Å². The van der Waals surface area contributed by atoms with Gasteiger partial charge in [-0.1, -0.05) is 6.07 Å². The van der Waals surface area contributed by atoms with E-state index in [2.05, 4.69) is 19.7 Å². The van der Waals surface area contributed by atoms with E-state index in [1.165, 1.54) is 6.20 Å². The predicted octanol–water partition coefficient (Wildman–Crippen LogP) is 1.22. The summed E-state index contributed by atoms with van der Waals surface area (Å²) in [6, 6.07) is 3.39. The highest BCUT2D eigenvalue weighted by Gasteiger charge is 2.16. The number of nitrogens with one attached hydrogen (secondary N) is 2. The second-order valence-corrected chi connectivity index (χ2v) is 5.31. The Labute approximate surface area is 99.2 Å². The summed E-state index contributed by atoms with van der Waals surface area (Å²) in [5.41, 5.74) is 0.963. The molecule has 2 N–H and O–H groups in total. The third-order valence-corrected chi connectivity index (χ3v) is 3.38. The van der Waals surface area contributed by atoms with E-state index < -0.39 is 10.0 Å². The van der Waals surface area contributed by atoms with Crippen molar-refractivity contribution in [2.45, 2.75) is 18.9 Å². The summed E-state index contributed by atoms with van der Waals surface area (Å²) >= 11 is 0. The van der Waals surface area contributed by atoms with E-state index in [-0.39, 0.29) is 10.8 Å². The molecule has 0 saturated carbocycles. The molecule has 0 radical (unpaired) electrons. The fraction of sp³-hybridized carbons (Fsp3) is 0.200. The van der Waals surface area contributed by atoms with E-state index in [4.69, 9.17) is 0 Å². The highest BCUT2D eigenvalue weighted by Crippen LogP contribution is 2.12. The first-order valence-electron chi connectivity index (χ1n) is 4.94. The molecule has 0 amide bonds. The summed E-state index contributed by atoms with van der Waals surface area (Å²) in [6.07, 6.45) is 2.86. The van der Waals surface area contributed by atoms with Crippen LogP contribution in [0, 0.1) is 13.8 Å². The Balaban J connectivity index is 2.26. The molecule has 0 saturated heterocycles. The van der Waals surface area contributed by atoms with Crippen LogP contribution in [0.15, 0.2) is 29.6 Å². The van der Waals surface area contributed by atoms with Gasteiger partial charge in [-0.2, -0.15) is 8.42 Å². The number of aryl methyl sites for hydroxylation is 2. The first-order chi connectivity index (χ1) is 7.97. The van der Waals surface area contributed by atoms with Crippen LogP contribution in [0.5, 0.6) is 0 Å². The molecule has 0 aliphatic carbocycles. The smallest absolute Gasteiger partial charge is 0.280 e. The number of nitrogens with zero attached hydrogens (tertiary/aromatic N) is 2. The molecule has 0 aliphatic heterocycles. The topological polar surface area (TPSA) is 87.7 Å². The summed E-state index contributed by atoms with van der Waals surface area (Å²) < 4.78 is 26.1. The Morgan fingerprint density at radius 3 is 2.47 bits per heavy atom. The molecule has 0 fully saturated rings. The van der Waals surface area contributed by atoms with Crippen LogP contribution in [0.4, 0.5) is 5.82 Å². The number of imidazole rings is 1. The van der Waals surface area contributed by atoms with Crippen molar-refractivity contribution in [3.05, 3.63) is 35.9 Å². The zero-order valence-electron chi connectivity index (χ0n) is 9.43. The summed E-state index contributed by atoms with van der Waals surface area (Å²) in [5.74, 6) is 0.824. The number of aromatic nitrogens is 3. The molecule has 90 valence electrons. The number of H-pyrrole nitrogens is 1. The van der Waals surface area contributed by atoms with Gasteiger partial charge in [0.05, 0.1) is 6.20 Å². The number of pyridine rings is 1. The van der Waals surface area contributed by atoms with Crippen LogP contribution in [-0.2, 0) is 10.0 Å². The summed E-state index contributed by atoms with van der Waals surface area (Å²) in [4.78, 5) is 10.5. The van der Waals surface area contributed by atoms with Crippen LogP contribution in [-0.4, -0.2) is 23.4 Å². The molecule has 2 rings (SSSR count). The molecule has 0 unspecified atom stereocenters. The van der Waals surface area contributed by atoms with Crippen LogP contribution in [0.25, 0.3) is 0 Å². The van der Waals surface area contributed by atoms with E-state index in [0.29, 0.717) is 5.82 Å². The Bertz CT molecular complexity index is 616. The molecule has 0 spiro atoms. The Morgan fingerprint density at radius 2 is 1.94 bits per heavy atom. The van der Waals surface area contributed by atoms with Crippen molar-refractivity contribution in [2.75, 3.05) is 4.72 Å². The van der Waals surface area contributed by atoms with Crippen LogP contribution < -0.4 is 4.72 Å². The third kappa shape index (κ3) is 2.62. The lowest BCUT2D eigenvalue weighted by Crippen LogP contribution is -2.14. The van der Waals surface area contributed by atoms with Crippen molar-refractivity contribution in [2.24, 2.45) is 0 Å². The average molecular weight is 252 g/mol. The Hall–Kier alpha value is -1.89. The third-order valence-electron chi connectivity index (χ3n) is 2.12. The highest BCUT2D eigenvalue weighted by molar-refractivity contribution is 7.92. The van der Waals surface area contributed by atoms with Gasteiger partial charge in [0.2, 0.25) is 0 Å². The minimum Gasteiger partial charge on any atom is -0.332 e. The van der Waals surface area contributed by atoms with E-state index in [1.807, 2.05) is 6.92 Å². The van der Waals surface area contributed by atoms with Gasteiger partial charge in [0.1, 0.15) is 11.6 Å². The number of hydrogen-bond acceptors (Lipinski definition) is 4. The zero-order valence-corrected chi connectivity index (χ0v) is 10.2. The molecule has 0 bridgehead atoms. The lowest BCUT2D eigenvalue weighted by molar-refractivity contribution is 0.598. The maximum atomic E-state index is 11.9. The van der Waals surface area contributed by atoms with Gasteiger partial charge in [0, 0.05) is 6.20 Å². The molecule has 0 aromatic carbocycles. The summed E-state index contributed by atoms with van der Waals surface area (Å²) in [6.45, 7) is 3.56. The number of sulfonamides is 1. The van der Waals surface area contributed by atoms with Crippen molar-refractivity contribution < 1.29 is 8.42 Å². The Kier molecular flexibility index (Phi) is 2.84. The number of hydrogen-bond donors (Lipinski definition) is 2. The SMILES string of the molecule is Cc1ccc(NS(=O)(=O)c2cnc(C)[nH]2)nc1. The van der Waals surface area contributed by atoms with E-state index >= 15 is 0 Å². The van der Waals surface area contributed by atoms with Crippen molar-refractivity contribution in [3.63, 3.8) is 0 Å². The van der Waals surface area contributed by atoms with Gasteiger partial charge in [0.15, 0.2) is 5.03 Å². The van der Waals surface area contributed by atoms with Crippen LogP contribution in [0.2, 0.25) is 0 Å². The normalized spacial score (nSPS) is 11.4. The van der Waals surface area contributed by atoms with Gasteiger partial charge < -0.3 is 4.98 Å². The number of aromatic amines is 1. The first-order valence-corrected chi connectivity index (χ1v) is 6.43. The molecule has 6 nitrogen and oxygen atoms in total. The molecular formula is C10H12N4O2S. The van der Waals surface area contributed by atoms with Gasteiger partial charge >= 0.3 is 0 Å². The maximum absolute atomic E-state index is 11.9. The van der Waals surface area contributed by atoms with Crippen molar-refractivity contribution in [3.8, 4) is 0 Å². The van der Waals surface area contributed by atoms with Crippen molar-refractivity contribution in [1.29, 1.82) is 0 Å². The minimum atomic E-state index is -3.64. The summed E-state index contributed by atoms with van der Waals surface area (Å²) in [7, 11) is -3.64. The van der Waals surface area contributed by atoms with Gasteiger partial charge in [-0.15, -0.1) is 0 Å². The maximum Gasteiger partial charge on any atom is 0.280 e. The van der Waals surface area contributed by atoms with Crippen molar-refractivity contribution >= 4 is 15.8 Å². The fourth-order valence-electron chi connectivity index (χ4n) is 1.26. The molecular weight excluding hydrogens is 240 g/mol. The van der Waals surface area contributed by atoms with E-state index in [9.17, 15) is 8.42 Å². The minimum absolute atomic E-state index is 0.0253. The lowest BCUT2D eigenvalue weighted by Gasteiger charge is -2.04. The van der Waals surface area contributed by atoms with E-state index in [0.717, 1.165) is 5.56 Å². The quantitative estimate of drug-likeness (QED) is 0.859. The van der Waals surface area contributed by atoms with Gasteiger partial charge in [-0.3, -0.25) is 4.72 Å². The largest absolute Gasteiger partial charge is 0.332 e. The standard InChI is InChI=1S/C10H12N4O2S/c1-7-3-4-9(12-5-7)14-17(15,16)10-6-11-8(2)13-10/h3-6H,1-2H3,(H,11,13)(H,12,14). The van der Waals surface area contributed by atoms with Crippen LogP contribution >= 0.6 is 0 Å². The molecule has 0 aliphatic rings. The van der Waals surface area contributed by atoms with E-state index in [1.54, 1.807) is 25.3 Å². The highest BCUT2D eigenvalue weighted by atomic mass is 32.2.